The molecule has 0 atom stereocenters. The van der Waals surface area contributed by atoms with Crippen molar-refractivity contribution in [3.8, 4) is 17.0 Å². The standard InChI is InChI=1S/C24H21N3O4/c1-30-17-10-8-16(9-11-17)22-13-20(19-6-2-3-7-21(19)27-22)24(29)26-15-23(28)25-14-18-5-4-12-31-18/h2-13H,14-15H2,1H3,(H,25,28)(H,26,29). The van der Waals surface area contributed by atoms with Crippen molar-refractivity contribution in [2.75, 3.05) is 13.7 Å². The van der Waals surface area contributed by atoms with Crippen LogP contribution in [0.15, 0.2) is 77.4 Å². The fourth-order valence-electron chi connectivity index (χ4n) is 3.19. The van der Waals surface area contributed by atoms with Crippen molar-refractivity contribution < 1.29 is 18.7 Å². The van der Waals surface area contributed by atoms with E-state index >= 15 is 0 Å². The maximum atomic E-state index is 12.9. The maximum absolute atomic E-state index is 12.9. The monoisotopic (exact) mass is 415 g/mol. The second kappa shape index (κ2) is 9.13. The quantitative estimate of drug-likeness (QED) is 0.482. The Bertz CT molecular complexity index is 1200. The molecule has 156 valence electrons. The average Bonchev–Trinajstić information content (AvgIpc) is 3.34. The molecule has 0 aliphatic carbocycles. The van der Waals surface area contributed by atoms with E-state index in [2.05, 4.69) is 15.6 Å². The summed E-state index contributed by atoms with van der Waals surface area (Å²) in [5, 5.41) is 6.11. The Hall–Kier alpha value is -4.13. The van der Waals surface area contributed by atoms with E-state index in [-0.39, 0.29) is 24.9 Å². The summed E-state index contributed by atoms with van der Waals surface area (Å²) in [6.45, 7) is 0.121. The van der Waals surface area contributed by atoms with Gasteiger partial charge in [0, 0.05) is 10.9 Å². The van der Waals surface area contributed by atoms with Crippen molar-refractivity contribution in [3.05, 3.63) is 84.3 Å². The van der Waals surface area contributed by atoms with Gasteiger partial charge < -0.3 is 19.8 Å². The second-order valence-electron chi connectivity index (χ2n) is 6.84. The molecular weight excluding hydrogens is 394 g/mol. The summed E-state index contributed by atoms with van der Waals surface area (Å²) >= 11 is 0. The molecule has 2 heterocycles. The van der Waals surface area contributed by atoms with Crippen LogP contribution in [-0.2, 0) is 11.3 Å². The highest BCUT2D eigenvalue weighted by atomic mass is 16.5. The SMILES string of the molecule is COc1ccc(-c2cc(C(=O)NCC(=O)NCc3ccco3)c3ccccc3n2)cc1. The van der Waals surface area contributed by atoms with Gasteiger partial charge in [0.25, 0.3) is 5.91 Å². The van der Waals surface area contributed by atoms with Crippen LogP contribution in [0.25, 0.3) is 22.2 Å². The summed E-state index contributed by atoms with van der Waals surface area (Å²) in [6, 6.07) is 20.1. The number of nitrogens with zero attached hydrogens (tertiary/aromatic N) is 1. The van der Waals surface area contributed by atoms with Crippen molar-refractivity contribution in [1.82, 2.24) is 15.6 Å². The van der Waals surface area contributed by atoms with E-state index in [1.807, 2.05) is 48.5 Å². The molecule has 0 aliphatic rings. The Labute approximate surface area is 179 Å². The summed E-state index contributed by atoms with van der Waals surface area (Å²) in [5.74, 6) is 0.729. The topological polar surface area (TPSA) is 93.5 Å². The highest BCUT2D eigenvalue weighted by Gasteiger charge is 2.15. The van der Waals surface area contributed by atoms with Crippen LogP contribution >= 0.6 is 0 Å². The number of hydrogen-bond donors (Lipinski definition) is 2. The molecule has 0 spiro atoms. The van der Waals surface area contributed by atoms with Crippen LogP contribution in [0.4, 0.5) is 0 Å². The van der Waals surface area contributed by atoms with Crippen molar-refractivity contribution in [2.45, 2.75) is 6.54 Å². The van der Waals surface area contributed by atoms with Crippen LogP contribution in [0.2, 0.25) is 0 Å². The van der Waals surface area contributed by atoms with E-state index in [4.69, 9.17) is 9.15 Å². The van der Waals surface area contributed by atoms with E-state index in [1.54, 1.807) is 25.3 Å². The first-order chi connectivity index (χ1) is 15.1. The van der Waals surface area contributed by atoms with E-state index in [1.165, 1.54) is 6.26 Å². The number of ether oxygens (including phenoxy) is 1. The Balaban J connectivity index is 1.53. The smallest absolute Gasteiger partial charge is 0.252 e. The van der Waals surface area contributed by atoms with Gasteiger partial charge in [0.2, 0.25) is 5.91 Å². The predicted molar refractivity (Wildman–Crippen MR) is 117 cm³/mol. The zero-order valence-corrected chi connectivity index (χ0v) is 16.9. The van der Waals surface area contributed by atoms with E-state index in [0.717, 1.165) is 11.3 Å². The van der Waals surface area contributed by atoms with Crippen molar-refractivity contribution >= 4 is 22.7 Å². The Kier molecular flexibility index (Phi) is 5.93. The first-order valence-electron chi connectivity index (χ1n) is 9.75. The summed E-state index contributed by atoms with van der Waals surface area (Å²) in [5.41, 5.74) is 2.67. The molecule has 2 N–H and O–H groups in total. The van der Waals surface area contributed by atoms with Gasteiger partial charge >= 0.3 is 0 Å². The molecule has 0 aliphatic heterocycles. The van der Waals surface area contributed by atoms with Gasteiger partial charge in [0.15, 0.2) is 0 Å². The Morgan fingerprint density at radius 3 is 2.55 bits per heavy atom. The summed E-state index contributed by atoms with van der Waals surface area (Å²) < 4.78 is 10.4. The summed E-state index contributed by atoms with van der Waals surface area (Å²) in [7, 11) is 1.61. The number of furan rings is 1. The van der Waals surface area contributed by atoms with Crippen molar-refractivity contribution in [1.29, 1.82) is 0 Å². The third-order valence-electron chi connectivity index (χ3n) is 4.80. The summed E-state index contributed by atoms with van der Waals surface area (Å²) in [6.07, 6.45) is 1.54. The van der Waals surface area contributed by atoms with Crippen molar-refractivity contribution in [2.24, 2.45) is 0 Å². The van der Waals surface area contributed by atoms with Gasteiger partial charge in [-0.1, -0.05) is 18.2 Å². The molecule has 7 heteroatoms. The first-order valence-corrected chi connectivity index (χ1v) is 9.75. The van der Waals surface area contributed by atoms with Gasteiger partial charge in [0.05, 0.1) is 43.2 Å². The lowest BCUT2D eigenvalue weighted by atomic mass is 10.0. The number of para-hydroxylation sites is 1. The minimum absolute atomic E-state index is 0.145. The molecule has 7 nitrogen and oxygen atoms in total. The van der Waals surface area contributed by atoms with E-state index in [0.29, 0.717) is 27.9 Å². The molecule has 0 unspecified atom stereocenters. The number of benzene rings is 2. The van der Waals surface area contributed by atoms with Gasteiger partial charge in [-0.2, -0.15) is 0 Å². The molecule has 0 saturated carbocycles. The fourth-order valence-corrected chi connectivity index (χ4v) is 3.19. The molecule has 2 amide bonds. The van der Waals surface area contributed by atoms with Gasteiger partial charge in [-0.15, -0.1) is 0 Å². The molecule has 0 fully saturated rings. The number of carbonyl (C=O) groups is 2. The molecule has 0 radical (unpaired) electrons. The Morgan fingerprint density at radius 2 is 1.81 bits per heavy atom. The number of pyridine rings is 1. The molecular formula is C24H21N3O4. The van der Waals surface area contributed by atoms with Gasteiger partial charge in [-0.3, -0.25) is 9.59 Å². The second-order valence-corrected chi connectivity index (χ2v) is 6.84. The highest BCUT2D eigenvalue weighted by molar-refractivity contribution is 6.08. The van der Waals surface area contributed by atoms with Crippen molar-refractivity contribution in [3.63, 3.8) is 0 Å². The number of amides is 2. The third-order valence-corrected chi connectivity index (χ3v) is 4.80. The van der Waals surface area contributed by atoms with E-state index < -0.39 is 0 Å². The lowest BCUT2D eigenvalue weighted by Crippen LogP contribution is -2.36. The van der Waals surface area contributed by atoms with Crippen LogP contribution in [0, 0.1) is 0 Å². The molecule has 2 aromatic heterocycles. The molecule has 4 aromatic rings. The predicted octanol–water partition coefficient (Wildman–Crippen LogP) is 3.55. The number of carbonyl (C=O) groups excluding carboxylic acids is 2. The fraction of sp³-hybridized carbons (Fsp3) is 0.125. The number of fused-ring (bicyclic) bond motifs is 1. The van der Waals surface area contributed by atoms with Crippen LogP contribution in [0.1, 0.15) is 16.1 Å². The maximum Gasteiger partial charge on any atom is 0.252 e. The number of methoxy groups -OCH3 is 1. The lowest BCUT2D eigenvalue weighted by molar-refractivity contribution is -0.120. The molecule has 4 rings (SSSR count). The van der Waals surface area contributed by atoms with Crippen LogP contribution in [-0.4, -0.2) is 30.5 Å². The molecule has 0 bridgehead atoms. The third kappa shape index (κ3) is 4.72. The van der Waals surface area contributed by atoms with Crippen LogP contribution < -0.4 is 15.4 Å². The number of rotatable bonds is 7. The molecule has 0 saturated heterocycles. The first kappa shape index (κ1) is 20.2. The van der Waals surface area contributed by atoms with Gasteiger partial charge in [-0.25, -0.2) is 4.98 Å². The molecule has 31 heavy (non-hydrogen) atoms. The van der Waals surface area contributed by atoms with Gasteiger partial charge in [-0.05, 0) is 48.5 Å². The van der Waals surface area contributed by atoms with Crippen LogP contribution in [0.5, 0.6) is 5.75 Å². The minimum Gasteiger partial charge on any atom is -0.497 e. The zero-order chi connectivity index (χ0) is 21.6. The number of nitrogens with one attached hydrogen (secondary N) is 2. The number of aromatic nitrogens is 1. The normalized spacial score (nSPS) is 10.6. The average molecular weight is 415 g/mol. The zero-order valence-electron chi connectivity index (χ0n) is 16.9. The lowest BCUT2D eigenvalue weighted by Gasteiger charge is -2.11. The molecule has 2 aromatic carbocycles. The van der Waals surface area contributed by atoms with Crippen LogP contribution in [0.3, 0.4) is 0 Å². The number of hydrogen-bond acceptors (Lipinski definition) is 5. The minimum atomic E-state index is -0.346. The highest BCUT2D eigenvalue weighted by Crippen LogP contribution is 2.26. The largest absolute Gasteiger partial charge is 0.497 e. The Morgan fingerprint density at radius 1 is 1.00 bits per heavy atom. The summed E-state index contributed by atoms with van der Waals surface area (Å²) in [4.78, 5) is 29.7. The van der Waals surface area contributed by atoms with E-state index in [9.17, 15) is 9.59 Å². The van der Waals surface area contributed by atoms with Gasteiger partial charge in [0.1, 0.15) is 11.5 Å².